The fourth-order valence-electron chi connectivity index (χ4n) is 2.83. The first-order valence-electron chi connectivity index (χ1n) is 7.95. The molecule has 1 aliphatic heterocycles. The first-order chi connectivity index (χ1) is 12.0. The van der Waals surface area contributed by atoms with Crippen molar-refractivity contribution in [2.75, 3.05) is 24.4 Å². The van der Waals surface area contributed by atoms with Crippen LogP contribution in [-0.4, -0.2) is 32.1 Å². The molecule has 0 saturated carbocycles. The van der Waals surface area contributed by atoms with Crippen molar-refractivity contribution in [3.05, 3.63) is 48.0 Å². The summed E-state index contributed by atoms with van der Waals surface area (Å²) >= 11 is 0. The lowest BCUT2D eigenvalue weighted by Gasteiger charge is -2.18. The number of hydrogen-bond donors (Lipinski definition) is 1. The molecule has 0 aromatic heterocycles. The van der Waals surface area contributed by atoms with E-state index in [-0.39, 0.29) is 18.2 Å². The molecular formula is C19H20N2O4. The Morgan fingerprint density at radius 2 is 1.68 bits per heavy atom. The van der Waals surface area contributed by atoms with Crippen LogP contribution in [0.2, 0.25) is 0 Å². The first-order valence-corrected chi connectivity index (χ1v) is 7.95. The molecule has 0 aliphatic carbocycles. The minimum absolute atomic E-state index is 0.112. The van der Waals surface area contributed by atoms with Gasteiger partial charge in [-0.2, -0.15) is 0 Å². The SMILES string of the molecule is COc1ccc(N2C(=O)CC(Nc3ccc(C)cc3)C2=O)cc1OC. The van der Waals surface area contributed by atoms with Crippen LogP contribution in [-0.2, 0) is 9.59 Å². The second-order valence-electron chi connectivity index (χ2n) is 5.87. The quantitative estimate of drug-likeness (QED) is 0.848. The molecule has 0 radical (unpaired) electrons. The van der Waals surface area contributed by atoms with Crippen molar-refractivity contribution in [1.29, 1.82) is 0 Å². The van der Waals surface area contributed by atoms with Gasteiger partial charge in [0.25, 0.3) is 5.91 Å². The van der Waals surface area contributed by atoms with E-state index in [1.165, 1.54) is 19.1 Å². The molecule has 130 valence electrons. The summed E-state index contributed by atoms with van der Waals surface area (Å²) < 4.78 is 10.4. The molecule has 1 N–H and O–H groups in total. The third-order valence-electron chi connectivity index (χ3n) is 4.16. The fourth-order valence-corrected chi connectivity index (χ4v) is 2.83. The van der Waals surface area contributed by atoms with Gasteiger partial charge >= 0.3 is 0 Å². The van der Waals surface area contributed by atoms with Crippen LogP contribution in [0.25, 0.3) is 0 Å². The van der Waals surface area contributed by atoms with E-state index in [4.69, 9.17) is 9.47 Å². The summed E-state index contributed by atoms with van der Waals surface area (Å²) in [6.45, 7) is 1.99. The van der Waals surface area contributed by atoms with Gasteiger partial charge in [0.1, 0.15) is 6.04 Å². The summed E-state index contributed by atoms with van der Waals surface area (Å²) in [5.41, 5.74) is 2.41. The van der Waals surface area contributed by atoms with Gasteiger partial charge < -0.3 is 14.8 Å². The summed E-state index contributed by atoms with van der Waals surface area (Å²) in [4.78, 5) is 26.3. The highest BCUT2D eigenvalue weighted by molar-refractivity contribution is 6.23. The van der Waals surface area contributed by atoms with Crippen LogP contribution in [0.15, 0.2) is 42.5 Å². The van der Waals surface area contributed by atoms with Crippen LogP contribution < -0.4 is 19.7 Å². The normalized spacial score (nSPS) is 16.9. The molecule has 1 aliphatic rings. The number of nitrogens with zero attached hydrogens (tertiary/aromatic N) is 1. The maximum Gasteiger partial charge on any atom is 0.256 e. The Kier molecular flexibility index (Phi) is 4.61. The lowest BCUT2D eigenvalue weighted by atomic mass is 10.2. The number of aryl methyl sites for hydroxylation is 1. The highest BCUT2D eigenvalue weighted by atomic mass is 16.5. The number of benzene rings is 2. The van der Waals surface area contributed by atoms with E-state index in [9.17, 15) is 9.59 Å². The Morgan fingerprint density at radius 3 is 2.32 bits per heavy atom. The number of nitrogens with one attached hydrogen (secondary N) is 1. The second-order valence-corrected chi connectivity index (χ2v) is 5.87. The maximum atomic E-state index is 12.7. The molecular weight excluding hydrogens is 320 g/mol. The van der Waals surface area contributed by atoms with Crippen LogP contribution in [0.4, 0.5) is 11.4 Å². The van der Waals surface area contributed by atoms with Gasteiger partial charge in [0, 0.05) is 11.8 Å². The third kappa shape index (κ3) is 3.28. The number of carbonyl (C=O) groups excluding carboxylic acids is 2. The molecule has 1 fully saturated rings. The van der Waals surface area contributed by atoms with E-state index in [0.29, 0.717) is 17.2 Å². The van der Waals surface area contributed by atoms with Crippen LogP contribution in [0.3, 0.4) is 0 Å². The lowest BCUT2D eigenvalue weighted by Crippen LogP contribution is -2.34. The van der Waals surface area contributed by atoms with Crippen molar-refractivity contribution in [2.45, 2.75) is 19.4 Å². The summed E-state index contributed by atoms with van der Waals surface area (Å²) in [6.07, 6.45) is 0.112. The summed E-state index contributed by atoms with van der Waals surface area (Å²) in [5.74, 6) is 0.481. The van der Waals surface area contributed by atoms with Gasteiger partial charge in [0.05, 0.1) is 26.3 Å². The van der Waals surface area contributed by atoms with Crippen molar-refractivity contribution in [2.24, 2.45) is 0 Å². The molecule has 25 heavy (non-hydrogen) atoms. The van der Waals surface area contributed by atoms with Crippen LogP contribution in [0.5, 0.6) is 11.5 Å². The monoisotopic (exact) mass is 340 g/mol. The minimum atomic E-state index is -0.580. The van der Waals surface area contributed by atoms with E-state index < -0.39 is 6.04 Å². The van der Waals surface area contributed by atoms with Crippen molar-refractivity contribution in [3.8, 4) is 11.5 Å². The number of methoxy groups -OCH3 is 2. The summed E-state index contributed by atoms with van der Waals surface area (Å²) in [5, 5.41) is 3.13. The van der Waals surface area contributed by atoms with E-state index in [1.807, 2.05) is 31.2 Å². The number of imide groups is 1. The summed E-state index contributed by atoms with van der Waals surface area (Å²) in [6, 6.07) is 12.1. The Hall–Kier alpha value is -3.02. The molecule has 1 atom stereocenters. The largest absolute Gasteiger partial charge is 0.493 e. The van der Waals surface area contributed by atoms with Crippen molar-refractivity contribution in [1.82, 2.24) is 0 Å². The van der Waals surface area contributed by atoms with Crippen molar-refractivity contribution >= 4 is 23.2 Å². The molecule has 2 amide bonds. The number of rotatable bonds is 5. The van der Waals surface area contributed by atoms with Crippen molar-refractivity contribution in [3.63, 3.8) is 0 Å². The molecule has 0 bridgehead atoms. The number of amides is 2. The predicted octanol–water partition coefficient (Wildman–Crippen LogP) is 2.76. The Labute approximate surface area is 146 Å². The lowest BCUT2D eigenvalue weighted by molar-refractivity contribution is -0.121. The second kappa shape index (κ2) is 6.84. The topological polar surface area (TPSA) is 67.9 Å². The van der Waals surface area contributed by atoms with Gasteiger partial charge in [-0.3, -0.25) is 9.59 Å². The molecule has 1 unspecified atom stereocenters. The minimum Gasteiger partial charge on any atom is -0.493 e. The Morgan fingerprint density at radius 1 is 1.00 bits per heavy atom. The highest BCUT2D eigenvalue weighted by Gasteiger charge is 2.39. The third-order valence-corrected chi connectivity index (χ3v) is 4.16. The van der Waals surface area contributed by atoms with Crippen molar-refractivity contribution < 1.29 is 19.1 Å². The maximum absolute atomic E-state index is 12.7. The molecule has 3 rings (SSSR count). The van der Waals surface area contributed by atoms with E-state index >= 15 is 0 Å². The molecule has 2 aromatic rings. The number of hydrogen-bond acceptors (Lipinski definition) is 5. The standard InChI is InChI=1S/C19H20N2O4/c1-12-4-6-13(7-5-12)20-15-11-18(22)21(19(15)23)14-8-9-16(24-2)17(10-14)25-3/h4-10,15,20H,11H2,1-3H3. The van der Waals surface area contributed by atoms with Gasteiger partial charge in [-0.1, -0.05) is 17.7 Å². The van der Waals surface area contributed by atoms with Gasteiger partial charge in [-0.05, 0) is 31.2 Å². The highest BCUT2D eigenvalue weighted by Crippen LogP contribution is 2.34. The van der Waals surface area contributed by atoms with Crippen LogP contribution in [0, 0.1) is 6.92 Å². The van der Waals surface area contributed by atoms with Gasteiger partial charge in [0.15, 0.2) is 11.5 Å². The average Bonchev–Trinajstić information content (AvgIpc) is 2.90. The smallest absolute Gasteiger partial charge is 0.256 e. The van der Waals surface area contributed by atoms with Gasteiger partial charge in [-0.25, -0.2) is 4.90 Å². The summed E-state index contributed by atoms with van der Waals surface area (Å²) in [7, 11) is 3.04. The zero-order valence-corrected chi connectivity index (χ0v) is 14.4. The molecule has 1 saturated heterocycles. The number of carbonyl (C=O) groups is 2. The van der Waals surface area contributed by atoms with Gasteiger partial charge in [-0.15, -0.1) is 0 Å². The molecule has 0 spiro atoms. The number of anilines is 2. The van der Waals surface area contributed by atoms with Crippen LogP contribution >= 0.6 is 0 Å². The Bertz CT molecular complexity index is 802. The zero-order chi connectivity index (χ0) is 18.0. The fraction of sp³-hybridized carbons (Fsp3) is 0.263. The Balaban J connectivity index is 1.82. The molecule has 6 nitrogen and oxygen atoms in total. The molecule has 2 aromatic carbocycles. The van der Waals surface area contributed by atoms with Crippen LogP contribution in [0.1, 0.15) is 12.0 Å². The molecule has 1 heterocycles. The number of ether oxygens (including phenoxy) is 2. The zero-order valence-electron chi connectivity index (χ0n) is 14.4. The predicted molar refractivity (Wildman–Crippen MR) is 95.2 cm³/mol. The van der Waals surface area contributed by atoms with E-state index in [2.05, 4.69) is 5.32 Å². The van der Waals surface area contributed by atoms with E-state index in [1.54, 1.807) is 18.2 Å². The first kappa shape index (κ1) is 16.8. The average molecular weight is 340 g/mol. The molecule has 6 heteroatoms. The van der Waals surface area contributed by atoms with Gasteiger partial charge in [0.2, 0.25) is 5.91 Å². The van der Waals surface area contributed by atoms with E-state index in [0.717, 1.165) is 11.3 Å².